The van der Waals surface area contributed by atoms with Crippen LogP contribution in [-0.2, 0) is 10.4 Å². The van der Waals surface area contributed by atoms with Crippen LogP contribution >= 0.6 is 0 Å². The Kier molecular flexibility index (Phi) is 6.98. The maximum atomic E-state index is 14.1. The molecule has 0 bridgehead atoms. The molecule has 5 rings (SSSR count). The van der Waals surface area contributed by atoms with E-state index < -0.39 is 11.5 Å². The van der Waals surface area contributed by atoms with Crippen LogP contribution in [0.15, 0.2) is 54.7 Å². The molecule has 2 aliphatic rings. The molecule has 0 radical (unpaired) electrons. The lowest BCUT2D eigenvalue weighted by atomic mass is 9.70. The lowest BCUT2D eigenvalue weighted by molar-refractivity contribution is -0.152. The van der Waals surface area contributed by atoms with E-state index in [0.29, 0.717) is 48.8 Å². The molecule has 198 valence electrons. The summed E-state index contributed by atoms with van der Waals surface area (Å²) in [7, 11) is 0. The highest BCUT2D eigenvalue weighted by molar-refractivity contribution is 5.82. The predicted octanol–water partition coefficient (Wildman–Crippen LogP) is 2.98. The van der Waals surface area contributed by atoms with Gasteiger partial charge in [-0.1, -0.05) is 26.0 Å². The van der Waals surface area contributed by atoms with Crippen LogP contribution in [0.25, 0.3) is 0 Å². The van der Waals surface area contributed by atoms with E-state index in [2.05, 4.69) is 21.3 Å². The summed E-state index contributed by atoms with van der Waals surface area (Å²) in [5.74, 6) is -1.13. The number of hydrogen-bond acceptors (Lipinski definition) is 8. The Bertz CT molecular complexity index is 1420. The van der Waals surface area contributed by atoms with Gasteiger partial charge in [0.1, 0.15) is 18.0 Å². The average Bonchev–Trinajstić information content (AvgIpc) is 3.41. The van der Waals surface area contributed by atoms with Crippen molar-refractivity contribution in [2.24, 2.45) is 17.8 Å². The molecule has 0 spiro atoms. The van der Waals surface area contributed by atoms with Gasteiger partial charge in [0, 0.05) is 55.8 Å². The van der Waals surface area contributed by atoms with Gasteiger partial charge < -0.3 is 14.9 Å². The van der Waals surface area contributed by atoms with Crippen LogP contribution in [0.2, 0.25) is 0 Å². The van der Waals surface area contributed by atoms with Gasteiger partial charge in [-0.25, -0.2) is 4.39 Å². The van der Waals surface area contributed by atoms with Crippen LogP contribution in [0.3, 0.4) is 0 Å². The molecule has 0 saturated carbocycles. The predicted molar refractivity (Wildman–Crippen MR) is 139 cm³/mol. The van der Waals surface area contributed by atoms with Crippen molar-refractivity contribution in [1.82, 2.24) is 20.1 Å². The molecule has 2 aromatic heterocycles. The second-order valence-electron chi connectivity index (χ2n) is 10.5. The molecule has 4 atom stereocenters. The quantitative estimate of drug-likeness (QED) is 0.550. The maximum Gasteiger partial charge on any atom is 0.228 e. The van der Waals surface area contributed by atoms with Crippen molar-refractivity contribution in [1.29, 1.82) is 10.5 Å². The third-order valence-electron chi connectivity index (χ3n) is 8.13. The number of carbonyl (C=O) groups is 1. The van der Waals surface area contributed by atoms with E-state index in [-0.39, 0.29) is 35.2 Å². The smallest absolute Gasteiger partial charge is 0.228 e. The maximum absolute atomic E-state index is 14.1. The number of piperidine rings is 1. The monoisotopic (exact) mass is 525 g/mol. The first-order chi connectivity index (χ1) is 18.7. The minimum absolute atomic E-state index is 0.0462. The summed E-state index contributed by atoms with van der Waals surface area (Å²) in [6.45, 7) is 5.36. The lowest BCUT2D eigenvalue weighted by Gasteiger charge is -2.48. The molecule has 3 aromatic rings. The average molecular weight is 526 g/mol. The standard InChI is InChI=1S/C29H28FN7O2/c1-18-14-37(15-19(2)29(18,39)21-4-6-22(30)7-5-21)28(38)25-17-36(27-10-8-23(12-32)34-35-27)16-24(25)26-9-3-20(11-31)13-33-26/h3-10,13,18-19,24-25,39H,14-17H2,1-2H3. The van der Waals surface area contributed by atoms with Gasteiger partial charge in [0.25, 0.3) is 0 Å². The molecular formula is C29H28FN7O2. The molecule has 10 heteroatoms. The van der Waals surface area contributed by atoms with E-state index in [9.17, 15) is 19.6 Å². The topological polar surface area (TPSA) is 130 Å². The number of nitrogens with zero attached hydrogens (tertiary/aromatic N) is 7. The van der Waals surface area contributed by atoms with Gasteiger partial charge in [0.2, 0.25) is 5.91 Å². The number of benzene rings is 1. The molecular weight excluding hydrogens is 497 g/mol. The second kappa shape index (κ2) is 10.4. The SMILES string of the molecule is CC1CN(C(=O)C2CN(c3ccc(C#N)nn3)CC2c2ccc(C#N)cn2)CC(C)C1(O)c1ccc(F)cc1. The highest BCUT2D eigenvalue weighted by Crippen LogP contribution is 2.43. The van der Waals surface area contributed by atoms with E-state index in [1.807, 2.05) is 29.7 Å². The summed E-state index contributed by atoms with van der Waals surface area (Å²) in [6.07, 6.45) is 1.51. The lowest BCUT2D eigenvalue weighted by Crippen LogP contribution is -2.57. The Morgan fingerprint density at radius 2 is 1.69 bits per heavy atom. The molecule has 1 aromatic carbocycles. The van der Waals surface area contributed by atoms with Crippen molar-refractivity contribution in [3.8, 4) is 12.1 Å². The number of amides is 1. The zero-order chi connectivity index (χ0) is 27.7. The van der Waals surface area contributed by atoms with Gasteiger partial charge >= 0.3 is 0 Å². The van der Waals surface area contributed by atoms with Gasteiger partial charge in [-0.2, -0.15) is 10.5 Å². The van der Waals surface area contributed by atoms with Crippen LogP contribution in [0, 0.1) is 46.2 Å². The summed E-state index contributed by atoms with van der Waals surface area (Å²) in [4.78, 5) is 22.3. The zero-order valence-corrected chi connectivity index (χ0v) is 21.7. The van der Waals surface area contributed by atoms with Crippen molar-refractivity contribution >= 4 is 11.7 Å². The Balaban J connectivity index is 1.41. The van der Waals surface area contributed by atoms with Crippen molar-refractivity contribution < 1.29 is 14.3 Å². The van der Waals surface area contributed by atoms with Crippen molar-refractivity contribution in [3.05, 3.63) is 83.1 Å². The third-order valence-corrected chi connectivity index (χ3v) is 8.13. The van der Waals surface area contributed by atoms with Gasteiger partial charge in [-0.15, -0.1) is 10.2 Å². The summed E-state index contributed by atoms with van der Waals surface area (Å²) < 4.78 is 13.5. The summed E-state index contributed by atoms with van der Waals surface area (Å²) >= 11 is 0. The zero-order valence-electron chi connectivity index (χ0n) is 21.7. The van der Waals surface area contributed by atoms with E-state index in [4.69, 9.17) is 5.26 Å². The number of aromatic nitrogens is 3. The highest BCUT2D eigenvalue weighted by atomic mass is 19.1. The van der Waals surface area contributed by atoms with Crippen LogP contribution in [0.5, 0.6) is 0 Å². The number of anilines is 1. The Morgan fingerprint density at radius 1 is 0.974 bits per heavy atom. The molecule has 2 aliphatic heterocycles. The van der Waals surface area contributed by atoms with Gasteiger partial charge in [0.05, 0.1) is 17.1 Å². The van der Waals surface area contributed by atoms with E-state index in [1.54, 1.807) is 36.4 Å². The fourth-order valence-corrected chi connectivity index (χ4v) is 5.99. The molecule has 2 fully saturated rings. The van der Waals surface area contributed by atoms with E-state index >= 15 is 0 Å². The highest BCUT2D eigenvalue weighted by Gasteiger charge is 2.49. The number of pyridine rings is 1. The summed E-state index contributed by atoms with van der Waals surface area (Å²) in [6, 6.07) is 16.7. The number of carbonyl (C=O) groups excluding carboxylic acids is 1. The number of aliphatic hydroxyl groups is 1. The van der Waals surface area contributed by atoms with Crippen molar-refractivity contribution in [2.45, 2.75) is 25.4 Å². The fraction of sp³-hybridized carbons (Fsp3) is 0.379. The number of halogens is 1. The first-order valence-electron chi connectivity index (χ1n) is 12.9. The molecule has 4 unspecified atom stereocenters. The molecule has 1 amide bonds. The van der Waals surface area contributed by atoms with Gasteiger partial charge in [-0.05, 0) is 42.0 Å². The molecule has 4 heterocycles. The summed E-state index contributed by atoms with van der Waals surface area (Å²) in [5, 5.41) is 38.1. The molecule has 2 saturated heterocycles. The summed E-state index contributed by atoms with van der Waals surface area (Å²) in [5.41, 5.74) is 0.798. The van der Waals surface area contributed by atoms with Crippen LogP contribution in [0.4, 0.5) is 10.2 Å². The van der Waals surface area contributed by atoms with Crippen molar-refractivity contribution in [2.75, 3.05) is 31.1 Å². The third kappa shape index (κ3) is 4.80. The molecule has 1 N–H and O–H groups in total. The number of rotatable bonds is 4. The van der Waals surface area contributed by atoms with E-state index in [1.165, 1.54) is 18.3 Å². The van der Waals surface area contributed by atoms with Crippen LogP contribution < -0.4 is 4.90 Å². The van der Waals surface area contributed by atoms with Gasteiger partial charge in [-0.3, -0.25) is 9.78 Å². The number of likely N-dealkylation sites (tertiary alicyclic amines) is 1. The fourth-order valence-electron chi connectivity index (χ4n) is 5.99. The minimum Gasteiger partial charge on any atom is -0.384 e. The normalized spacial score (nSPS) is 26.6. The second-order valence-corrected chi connectivity index (χ2v) is 10.5. The molecule has 0 aliphatic carbocycles. The van der Waals surface area contributed by atoms with Crippen LogP contribution in [-0.4, -0.2) is 57.3 Å². The minimum atomic E-state index is -1.20. The molecule has 9 nitrogen and oxygen atoms in total. The number of nitriles is 2. The van der Waals surface area contributed by atoms with Crippen LogP contribution in [0.1, 0.15) is 42.3 Å². The first-order valence-corrected chi connectivity index (χ1v) is 12.9. The Hall–Kier alpha value is -4.41. The van der Waals surface area contributed by atoms with E-state index in [0.717, 1.165) is 0 Å². The Morgan fingerprint density at radius 3 is 2.26 bits per heavy atom. The van der Waals surface area contributed by atoms with Crippen molar-refractivity contribution in [3.63, 3.8) is 0 Å². The number of hydrogen-bond donors (Lipinski definition) is 1. The largest absolute Gasteiger partial charge is 0.384 e. The Labute approximate surface area is 226 Å². The molecule has 39 heavy (non-hydrogen) atoms. The first kappa shape index (κ1) is 26.2. The van der Waals surface area contributed by atoms with Gasteiger partial charge in [0.15, 0.2) is 11.5 Å².